The SMILES string of the molecule is COC(=O)c1cc(Cl)c(C(F)F)nc1F. The molecule has 1 aromatic rings. The van der Waals surface area contributed by atoms with Gasteiger partial charge in [0.25, 0.3) is 6.43 Å². The van der Waals surface area contributed by atoms with Crippen LogP contribution in [0.1, 0.15) is 22.5 Å². The number of halogens is 4. The number of hydrogen-bond donors (Lipinski definition) is 0. The molecule has 0 aliphatic rings. The third kappa shape index (κ3) is 2.38. The summed E-state index contributed by atoms with van der Waals surface area (Å²) in [6.07, 6.45) is -3.00. The van der Waals surface area contributed by atoms with Gasteiger partial charge in [-0.25, -0.2) is 18.6 Å². The van der Waals surface area contributed by atoms with Gasteiger partial charge in [-0.15, -0.1) is 0 Å². The number of carbonyl (C=O) groups excluding carboxylic acids is 1. The Morgan fingerprint density at radius 3 is 2.67 bits per heavy atom. The second-order valence-electron chi connectivity index (χ2n) is 2.49. The van der Waals surface area contributed by atoms with E-state index in [4.69, 9.17) is 11.6 Å². The van der Waals surface area contributed by atoms with E-state index in [1.807, 2.05) is 0 Å². The molecule has 0 aliphatic heterocycles. The van der Waals surface area contributed by atoms with Crippen molar-refractivity contribution in [3.8, 4) is 0 Å². The first-order valence-electron chi connectivity index (χ1n) is 3.69. The maximum Gasteiger partial charge on any atom is 0.342 e. The number of ether oxygens (including phenoxy) is 1. The summed E-state index contributed by atoms with van der Waals surface area (Å²) in [6.45, 7) is 0. The normalized spacial score (nSPS) is 10.5. The van der Waals surface area contributed by atoms with Crippen LogP contribution in [0.2, 0.25) is 5.02 Å². The van der Waals surface area contributed by atoms with Crippen molar-refractivity contribution in [1.82, 2.24) is 4.98 Å². The summed E-state index contributed by atoms with van der Waals surface area (Å²) in [5, 5.41) is -0.480. The van der Waals surface area contributed by atoms with Crippen LogP contribution in [-0.2, 0) is 4.74 Å². The van der Waals surface area contributed by atoms with E-state index >= 15 is 0 Å². The third-order valence-electron chi connectivity index (χ3n) is 1.57. The van der Waals surface area contributed by atoms with Crippen molar-refractivity contribution >= 4 is 17.6 Å². The van der Waals surface area contributed by atoms with Crippen molar-refractivity contribution in [1.29, 1.82) is 0 Å². The molecule has 1 aromatic heterocycles. The van der Waals surface area contributed by atoms with Crippen LogP contribution >= 0.6 is 11.6 Å². The number of aromatic nitrogens is 1. The zero-order valence-electron chi connectivity index (χ0n) is 7.43. The number of nitrogens with zero attached hydrogens (tertiary/aromatic N) is 1. The van der Waals surface area contributed by atoms with E-state index in [9.17, 15) is 18.0 Å². The molecule has 1 rings (SSSR count). The van der Waals surface area contributed by atoms with Crippen molar-refractivity contribution in [2.45, 2.75) is 6.43 Å². The summed E-state index contributed by atoms with van der Waals surface area (Å²) >= 11 is 5.38. The summed E-state index contributed by atoms with van der Waals surface area (Å²) in [4.78, 5) is 13.8. The quantitative estimate of drug-likeness (QED) is 0.588. The monoisotopic (exact) mass is 239 g/mol. The second kappa shape index (κ2) is 4.48. The van der Waals surface area contributed by atoms with Crippen LogP contribution in [0.3, 0.4) is 0 Å². The molecule has 0 N–H and O–H groups in total. The van der Waals surface area contributed by atoms with E-state index in [0.29, 0.717) is 0 Å². The van der Waals surface area contributed by atoms with Gasteiger partial charge in [0.15, 0.2) is 0 Å². The van der Waals surface area contributed by atoms with Gasteiger partial charge in [-0.3, -0.25) is 0 Å². The fourth-order valence-electron chi connectivity index (χ4n) is 0.886. The van der Waals surface area contributed by atoms with Crippen LogP contribution in [-0.4, -0.2) is 18.1 Å². The smallest absolute Gasteiger partial charge is 0.342 e. The fourth-order valence-corrected chi connectivity index (χ4v) is 1.12. The van der Waals surface area contributed by atoms with Crippen LogP contribution in [0, 0.1) is 5.95 Å². The number of esters is 1. The van der Waals surface area contributed by atoms with Crippen molar-refractivity contribution in [2.75, 3.05) is 7.11 Å². The Kier molecular flexibility index (Phi) is 3.52. The Morgan fingerprint density at radius 1 is 1.60 bits per heavy atom. The highest BCUT2D eigenvalue weighted by molar-refractivity contribution is 6.31. The number of pyridine rings is 1. The van der Waals surface area contributed by atoms with Crippen LogP contribution in [0.25, 0.3) is 0 Å². The maximum atomic E-state index is 13.0. The largest absolute Gasteiger partial charge is 0.465 e. The first kappa shape index (κ1) is 11.8. The fraction of sp³-hybridized carbons (Fsp3) is 0.250. The lowest BCUT2D eigenvalue weighted by atomic mass is 10.2. The standard InChI is InChI=1S/C8H5ClF3NO2/c1-15-8(14)3-2-4(9)5(6(10)11)13-7(3)12/h2,6H,1H3. The van der Waals surface area contributed by atoms with Crippen LogP contribution in [0.5, 0.6) is 0 Å². The lowest BCUT2D eigenvalue weighted by Crippen LogP contribution is -2.08. The minimum absolute atomic E-state index is 0.480. The van der Waals surface area contributed by atoms with E-state index < -0.39 is 34.6 Å². The van der Waals surface area contributed by atoms with Crippen molar-refractivity contribution in [2.24, 2.45) is 0 Å². The molecule has 0 fully saturated rings. The molecule has 0 saturated heterocycles. The minimum Gasteiger partial charge on any atom is -0.465 e. The molecule has 7 heteroatoms. The van der Waals surface area contributed by atoms with Gasteiger partial charge in [0.05, 0.1) is 12.1 Å². The first-order chi connectivity index (χ1) is 6.97. The summed E-state index contributed by atoms with van der Waals surface area (Å²) in [5.74, 6) is -2.36. The van der Waals surface area contributed by atoms with Gasteiger partial charge >= 0.3 is 5.97 Å². The van der Waals surface area contributed by atoms with Gasteiger partial charge in [-0.2, -0.15) is 4.39 Å². The van der Waals surface area contributed by atoms with Gasteiger partial charge in [0, 0.05) is 0 Å². The van der Waals surface area contributed by atoms with E-state index in [2.05, 4.69) is 9.72 Å². The Hall–Kier alpha value is -1.30. The molecule has 0 saturated carbocycles. The number of methoxy groups -OCH3 is 1. The van der Waals surface area contributed by atoms with Crippen molar-refractivity contribution < 1.29 is 22.7 Å². The molecule has 0 aromatic carbocycles. The molecule has 3 nitrogen and oxygen atoms in total. The van der Waals surface area contributed by atoms with Gasteiger partial charge in [-0.1, -0.05) is 11.6 Å². The van der Waals surface area contributed by atoms with Crippen molar-refractivity contribution in [3.05, 3.63) is 28.3 Å². The third-order valence-corrected chi connectivity index (χ3v) is 1.87. The lowest BCUT2D eigenvalue weighted by Gasteiger charge is -2.05. The minimum atomic E-state index is -3.00. The molecule has 0 bridgehead atoms. The summed E-state index contributed by atoms with van der Waals surface area (Å²) in [6, 6.07) is 0.761. The van der Waals surface area contributed by atoms with E-state index in [1.165, 1.54) is 0 Å². The van der Waals surface area contributed by atoms with Gasteiger partial charge in [0.1, 0.15) is 11.3 Å². The van der Waals surface area contributed by atoms with E-state index in [-0.39, 0.29) is 0 Å². The number of rotatable bonds is 2. The van der Waals surface area contributed by atoms with Crippen LogP contribution in [0.4, 0.5) is 13.2 Å². The molecule has 0 spiro atoms. The van der Waals surface area contributed by atoms with Crippen LogP contribution in [0.15, 0.2) is 6.07 Å². The average molecular weight is 240 g/mol. The zero-order chi connectivity index (χ0) is 11.6. The Labute approximate surface area is 87.8 Å². The predicted octanol–water partition coefficient (Wildman–Crippen LogP) is 2.60. The Bertz CT molecular complexity index is 398. The second-order valence-corrected chi connectivity index (χ2v) is 2.89. The molecule has 1 heterocycles. The molecule has 0 aliphatic carbocycles. The first-order valence-corrected chi connectivity index (χ1v) is 4.07. The molecule has 0 radical (unpaired) electrons. The van der Waals surface area contributed by atoms with Gasteiger partial charge in [0.2, 0.25) is 5.95 Å². The number of alkyl halides is 2. The van der Waals surface area contributed by atoms with Gasteiger partial charge < -0.3 is 4.74 Å². The highest BCUT2D eigenvalue weighted by Gasteiger charge is 2.21. The lowest BCUT2D eigenvalue weighted by molar-refractivity contribution is 0.0593. The maximum absolute atomic E-state index is 13.0. The molecule has 0 unspecified atom stereocenters. The molecular weight excluding hydrogens is 235 g/mol. The van der Waals surface area contributed by atoms with Crippen molar-refractivity contribution in [3.63, 3.8) is 0 Å². The summed E-state index contributed by atoms with van der Waals surface area (Å²) in [5.41, 5.74) is -1.48. The van der Waals surface area contributed by atoms with E-state index in [0.717, 1.165) is 13.2 Å². The predicted molar refractivity (Wildman–Crippen MR) is 45.5 cm³/mol. The molecule has 0 atom stereocenters. The molecule has 15 heavy (non-hydrogen) atoms. The highest BCUT2D eigenvalue weighted by Crippen LogP contribution is 2.26. The average Bonchev–Trinajstić information content (AvgIpc) is 2.19. The van der Waals surface area contributed by atoms with Crippen LogP contribution < -0.4 is 0 Å². The summed E-state index contributed by atoms with van der Waals surface area (Å²) < 4.78 is 41.6. The number of hydrogen-bond acceptors (Lipinski definition) is 3. The molecule has 82 valence electrons. The topological polar surface area (TPSA) is 39.2 Å². The van der Waals surface area contributed by atoms with Gasteiger partial charge in [-0.05, 0) is 6.07 Å². The Morgan fingerprint density at radius 2 is 2.20 bits per heavy atom. The molecule has 0 amide bonds. The summed E-state index contributed by atoms with van der Waals surface area (Å²) in [7, 11) is 1.02. The van der Waals surface area contributed by atoms with E-state index in [1.54, 1.807) is 0 Å². The highest BCUT2D eigenvalue weighted by atomic mass is 35.5. The zero-order valence-corrected chi connectivity index (χ0v) is 8.19. The Balaban J connectivity index is 3.25. The molecular formula is C8H5ClF3NO2. The number of carbonyl (C=O) groups is 1.